The summed E-state index contributed by atoms with van der Waals surface area (Å²) in [4.78, 5) is 13.9. The first-order chi connectivity index (χ1) is 13.2. The number of carbonyl (C=O) groups is 1. The predicted molar refractivity (Wildman–Crippen MR) is 102 cm³/mol. The van der Waals surface area contributed by atoms with Gasteiger partial charge in [-0.05, 0) is 55.7 Å². The molecule has 3 N–H and O–H groups in total. The van der Waals surface area contributed by atoms with E-state index in [1.165, 1.54) is 4.90 Å². The van der Waals surface area contributed by atoms with Gasteiger partial charge in [0.15, 0.2) is 5.54 Å². The van der Waals surface area contributed by atoms with Crippen molar-refractivity contribution in [2.75, 3.05) is 13.1 Å². The van der Waals surface area contributed by atoms with Crippen molar-refractivity contribution in [2.45, 2.75) is 57.4 Å². The number of nitrogens with zero attached hydrogens (tertiary/aromatic N) is 1. The van der Waals surface area contributed by atoms with Crippen LogP contribution in [0.2, 0.25) is 0 Å². The van der Waals surface area contributed by atoms with Gasteiger partial charge in [0.05, 0.1) is 0 Å². The van der Waals surface area contributed by atoms with Gasteiger partial charge in [0, 0.05) is 12.6 Å². The maximum Gasteiger partial charge on any atom is 0.415 e. The van der Waals surface area contributed by atoms with Crippen LogP contribution in [0.25, 0.3) is 0 Å². The topological polar surface area (TPSA) is 58.4 Å². The molecule has 2 fully saturated rings. The van der Waals surface area contributed by atoms with E-state index in [2.05, 4.69) is 5.32 Å². The van der Waals surface area contributed by atoms with Gasteiger partial charge in [-0.2, -0.15) is 13.2 Å². The molecule has 4 atom stereocenters. The molecular weight excluding hydrogens is 367 g/mol. The van der Waals surface area contributed by atoms with Gasteiger partial charge in [0.2, 0.25) is 5.91 Å². The zero-order valence-corrected chi connectivity index (χ0v) is 16.5. The van der Waals surface area contributed by atoms with Gasteiger partial charge in [-0.3, -0.25) is 9.69 Å². The summed E-state index contributed by atoms with van der Waals surface area (Å²) in [6.07, 6.45) is -3.54. The van der Waals surface area contributed by atoms with E-state index in [1.54, 1.807) is 13.8 Å². The second-order valence-corrected chi connectivity index (χ2v) is 8.66. The number of carbonyl (C=O) groups excluding carboxylic acids is 1. The SMILES string of the molecule is CC(C)C[C@@](C(N)=O)(N(Cc1ccccc1)C1CCC2CNCC21)C(F)(F)F. The van der Waals surface area contributed by atoms with Crippen LogP contribution in [0.1, 0.15) is 38.7 Å². The largest absolute Gasteiger partial charge is 0.415 e. The Kier molecular flexibility index (Phi) is 6.05. The van der Waals surface area contributed by atoms with E-state index in [0.717, 1.165) is 18.5 Å². The Morgan fingerprint density at radius 2 is 1.89 bits per heavy atom. The monoisotopic (exact) mass is 397 g/mol. The third-order valence-electron chi connectivity index (χ3n) is 6.39. The van der Waals surface area contributed by atoms with Gasteiger partial charge in [0.25, 0.3) is 0 Å². The molecule has 28 heavy (non-hydrogen) atoms. The van der Waals surface area contributed by atoms with Crippen molar-refractivity contribution < 1.29 is 18.0 Å². The summed E-state index contributed by atoms with van der Waals surface area (Å²) in [6, 6.07) is 8.74. The summed E-state index contributed by atoms with van der Waals surface area (Å²) < 4.78 is 43.7. The van der Waals surface area contributed by atoms with E-state index in [9.17, 15) is 18.0 Å². The zero-order chi connectivity index (χ0) is 20.5. The van der Waals surface area contributed by atoms with E-state index in [4.69, 9.17) is 5.73 Å². The van der Waals surface area contributed by atoms with Gasteiger partial charge in [-0.15, -0.1) is 0 Å². The first-order valence-electron chi connectivity index (χ1n) is 10.0. The Bertz CT molecular complexity index is 679. The molecule has 0 bridgehead atoms. The number of alkyl halides is 3. The predicted octanol–water partition coefficient (Wildman–Crippen LogP) is 3.32. The second kappa shape index (κ2) is 8.03. The van der Waals surface area contributed by atoms with E-state index < -0.39 is 17.6 Å². The number of amides is 1. The van der Waals surface area contributed by atoms with Crippen LogP contribution in [-0.4, -0.2) is 41.7 Å². The Labute approximate surface area is 164 Å². The molecule has 1 amide bonds. The molecule has 1 aliphatic heterocycles. The lowest BCUT2D eigenvalue weighted by Crippen LogP contribution is -2.69. The maximum atomic E-state index is 14.6. The van der Waals surface area contributed by atoms with Gasteiger partial charge < -0.3 is 11.1 Å². The number of primary amides is 1. The molecule has 156 valence electrons. The highest BCUT2D eigenvalue weighted by Crippen LogP contribution is 2.47. The van der Waals surface area contributed by atoms with Gasteiger partial charge >= 0.3 is 6.18 Å². The second-order valence-electron chi connectivity index (χ2n) is 8.66. The number of nitrogens with two attached hydrogens (primary N) is 1. The molecule has 1 aromatic carbocycles. The molecule has 1 aromatic rings. The van der Waals surface area contributed by atoms with Crippen LogP contribution in [0.5, 0.6) is 0 Å². The van der Waals surface area contributed by atoms with Crippen LogP contribution in [0.15, 0.2) is 30.3 Å². The van der Waals surface area contributed by atoms with E-state index >= 15 is 0 Å². The first-order valence-corrected chi connectivity index (χ1v) is 10.0. The number of fused-ring (bicyclic) bond motifs is 1. The summed E-state index contributed by atoms with van der Waals surface area (Å²) in [5.41, 5.74) is 3.64. The molecule has 2 aliphatic rings. The molecule has 1 heterocycles. The highest BCUT2D eigenvalue weighted by atomic mass is 19.4. The van der Waals surface area contributed by atoms with Crippen molar-refractivity contribution in [3.8, 4) is 0 Å². The molecule has 0 radical (unpaired) electrons. The Hall–Kier alpha value is -1.60. The quantitative estimate of drug-likeness (QED) is 0.742. The average molecular weight is 397 g/mol. The lowest BCUT2D eigenvalue weighted by Gasteiger charge is -2.48. The fourth-order valence-electron chi connectivity index (χ4n) is 5.19. The molecule has 0 spiro atoms. The Balaban J connectivity index is 2.09. The van der Waals surface area contributed by atoms with Crippen LogP contribution >= 0.6 is 0 Å². The van der Waals surface area contributed by atoms with Crippen LogP contribution in [0.4, 0.5) is 13.2 Å². The van der Waals surface area contributed by atoms with Gasteiger partial charge in [0.1, 0.15) is 0 Å². The fourth-order valence-corrected chi connectivity index (χ4v) is 5.19. The number of hydrogen-bond acceptors (Lipinski definition) is 3. The Morgan fingerprint density at radius 1 is 1.21 bits per heavy atom. The van der Waals surface area contributed by atoms with E-state index in [0.29, 0.717) is 18.9 Å². The Morgan fingerprint density at radius 3 is 2.46 bits per heavy atom. The minimum atomic E-state index is -4.75. The highest BCUT2D eigenvalue weighted by Gasteiger charge is 2.65. The summed E-state index contributed by atoms with van der Waals surface area (Å²) in [6.45, 7) is 5.00. The van der Waals surface area contributed by atoms with Crippen LogP contribution in [0, 0.1) is 17.8 Å². The molecule has 3 unspecified atom stereocenters. The molecule has 1 saturated heterocycles. The molecule has 1 aliphatic carbocycles. The van der Waals surface area contributed by atoms with Crippen molar-refractivity contribution in [2.24, 2.45) is 23.5 Å². The van der Waals surface area contributed by atoms with E-state index in [-0.39, 0.29) is 30.8 Å². The smallest absolute Gasteiger partial charge is 0.368 e. The number of halogens is 3. The van der Waals surface area contributed by atoms with Gasteiger partial charge in [-0.25, -0.2) is 0 Å². The molecule has 4 nitrogen and oxygen atoms in total. The standard InChI is InChI=1S/C21H30F3N3O/c1-14(2)10-20(19(25)28,21(22,23)24)27(13-15-6-4-3-5-7-15)18-9-8-16-11-26-12-17(16)18/h3-7,14,16-18,26H,8-13H2,1-2H3,(H2,25,28)/t16?,17?,18?,20-/m0/s1. The molecule has 7 heteroatoms. The third-order valence-corrected chi connectivity index (χ3v) is 6.39. The van der Waals surface area contributed by atoms with Crippen molar-refractivity contribution in [3.05, 3.63) is 35.9 Å². The molecule has 1 saturated carbocycles. The summed E-state index contributed by atoms with van der Waals surface area (Å²) in [5, 5.41) is 3.31. The first kappa shape index (κ1) is 21.1. The number of nitrogens with one attached hydrogen (secondary N) is 1. The number of rotatable bonds is 7. The summed E-state index contributed by atoms with van der Waals surface area (Å²) in [7, 11) is 0. The number of hydrogen-bond donors (Lipinski definition) is 2. The van der Waals surface area contributed by atoms with Crippen molar-refractivity contribution >= 4 is 5.91 Å². The minimum absolute atomic E-state index is 0.0594. The summed E-state index contributed by atoms with van der Waals surface area (Å²) in [5.74, 6) is -1.15. The lowest BCUT2D eigenvalue weighted by atomic mass is 9.82. The van der Waals surface area contributed by atoms with Gasteiger partial charge in [-0.1, -0.05) is 44.2 Å². The summed E-state index contributed by atoms with van der Waals surface area (Å²) >= 11 is 0. The third kappa shape index (κ3) is 3.79. The number of benzene rings is 1. The van der Waals surface area contributed by atoms with Crippen molar-refractivity contribution in [3.63, 3.8) is 0 Å². The van der Waals surface area contributed by atoms with E-state index in [1.807, 2.05) is 30.3 Å². The minimum Gasteiger partial charge on any atom is -0.368 e. The molecule has 3 rings (SSSR count). The van der Waals surface area contributed by atoms with Crippen molar-refractivity contribution in [1.82, 2.24) is 10.2 Å². The van der Waals surface area contributed by atoms with Crippen LogP contribution in [-0.2, 0) is 11.3 Å². The highest BCUT2D eigenvalue weighted by molar-refractivity contribution is 5.86. The average Bonchev–Trinajstić information content (AvgIpc) is 3.21. The van der Waals surface area contributed by atoms with Crippen LogP contribution in [0.3, 0.4) is 0 Å². The molecule has 0 aromatic heterocycles. The fraction of sp³-hybridized carbons (Fsp3) is 0.667. The lowest BCUT2D eigenvalue weighted by molar-refractivity contribution is -0.241. The van der Waals surface area contributed by atoms with Crippen molar-refractivity contribution in [1.29, 1.82) is 0 Å². The van der Waals surface area contributed by atoms with Crippen LogP contribution < -0.4 is 11.1 Å². The normalized spacial score (nSPS) is 27.2. The zero-order valence-electron chi connectivity index (χ0n) is 16.5. The molecular formula is C21H30F3N3O. The maximum absolute atomic E-state index is 14.6.